The summed E-state index contributed by atoms with van der Waals surface area (Å²) >= 11 is 6.58. The molecule has 0 fully saturated rings. The standard InChI is InChI=1S/C8H7Br2NO/c1-4(12)7-6(11)3-2-5(9)8(7)10/h2-3H,11H2,1H3. The van der Waals surface area contributed by atoms with Gasteiger partial charge < -0.3 is 5.73 Å². The number of hydrogen-bond donors (Lipinski definition) is 1. The van der Waals surface area contributed by atoms with Crippen LogP contribution in [0.3, 0.4) is 0 Å². The highest BCUT2D eigenvalue weighted by Gasteiger charge is 2.11. The van der Waals surface area contributed by atoms with Gasteiger partial charge in [-0.25, -0.2) is 0 Å². The zero-order chi connectivity index (χ0) is 9.30. The summed E-state index contributed by atoms with van der Waals surface area (Å²) < 4.78 is 1.55. The predicted molar refractivity (Wildman–Crippen MR) is 56.3 cm³/mol. The maximum absolute atomic E-state index is 11.1. The number of rotatable bonds is 1. The molecule has 64 valence electrons. The van der Waals surface area contributed by atoms with Gasteiger partial charge in [-0.2, -0.15) is 0 Å². The van der Waals surface area contributed by atoms with Gasteiger partial charge in [0.2, 0.25) is 0 Å². The Bertz CT molecular complexity index is 336. The third-order valence-corrected chi connectivity index (χ3v) is 3.50. The SMILES string of the molecule is CC(=O)c1c(N)ccc(Br)c1Br. The second kappa shape index (κ2) is 3.58. The zero-order valence-corrected chi connectivity index (χ0v) is 9.57. The monoisotopic (exact) mass is 291 g/mol. The number of nitrogens with two attached hydrogens (primary N) is 1. The van der Waals surface area contributed by atoms with Crippen LogP contribution in [0.25, 0.3) is 0 Å². The molecular weight excluding hydrogens is 286 g/mol. The number of benzene rings is 1. The van der Waals surface area contributed by atoms with E-state index in [9.17, 15) is 4.79 Å². The van der Waals surface area contributed by atoms with E-state index in [1.54, 1.807) is 12.1 Å². The number of ketones is 1. The summed E-state index contributed by atoms with van der Waals surface area (Å²) in [5.41, 5.74) is 6.65. The van der Waals surface area contributed by atoms with Crippen LogP contribution in [0.1, 0.15) is 17.3 Å². The molecule has 12 heavy (non-hydrogen) atoms. The molecule has 1 rings (SSSR count). The molecule has 0 saturated heterocycles. The number of Topliss-reactive ketones (excluding diaryl/α,β-unsaturated/α-hetero) is 1. The first-order valence-corrected chi connectivity index (χ1v) is 4.87. The van der Waals surface area contributed by atoms with E-state index < -0.39 is 0 Å². The largest absolute Gasteiger partial charge is 0.398 e. The maximum Gasteiger partial charge on any atom is 0.163 e. The zero-order valence-electron chi connectivity index (χ0n) is 6.40. The van der Waals surface area contributed by atoms with Crippen LogP contribution in [0.4, 0.5) is 5.69 Å². The van der Waals surface area contributed by atoms with Crippen molar-refractivity contribution in [2.24, 2.45) is 0 Å². The molecule has 0 aliphatic heterocycles. The Kier molecular flexibility index (Phi) is 2.90. The molecule has 0 aromatic heterocycles. The van der Waals surface area contributed by atoms with Crippen LogP contribution in [0.15, 0.2) is 21.1 Å². The second-order valence-corrected chi connectivity index (χ2v) is 4.03. The first-order chi connectivity index (χ1) is 5.54. The van der Waals surface area contributed by atoms with Crippen LogP contribution >= 0.6 is 31.9 Å². The third-order valence-electron chi connectivity index (χ3n) is 1.48. The molecule has 0 bridgehead atoms. The normalized spacial score (nSPS) is 9.92. The lowest BCUT2D eigenvalue weighted by molar-refractivity contribution is 0.101. The fourth-order valence-corrected chi connectivity index (χ4v) is 1.89. The van der Waals surface area contributed by atoms with Gasteiger partial charge in [-0.1, -0.05) is 0 Å². The van der Waals surface area contributed by atoms with E-state index in [4.69, 9.17) is 5.73 Å². The maximum atomic E-state index is 11.1. The summed E-state index contributed by atoms with van der Waals surface area (Å²) in [4.78, 5) is 11.1. The van der Waals surface area contributed by atoms with Crippen molar-refractivity contribution < 1.29 is 4.79 Å². The Balaban J connectivity index is 3.43. The summed E-state index contributed by atoms with van der Waals surface area (Å²) in [6, 6.07) is 3.50. The highest BCUT2D eigenvalue weighted by atomic mass is 79.9. The Morgan fingerprint density at radius 3 is 2.42 bits per heavy atom. The highest BCUT2D eigenvalue weighted by molar-refractivity contribution is 9.13. The Labute approximate surface area is 87.4 Å². The van der Waals surface area contributed by atoms with Crippen LogP contribution in [0, 0.1) is 0 Å². The number of anilines is 1. The lowest BCUT2D eigenvalue weighted by Crippen LogP contribution is -2.00. The summed E-state index contributed by atoms with van der Waals surface area (Å²) in [6.45, 7) is 1.49. The molecule has 0 unspecified atom stereocenters. The average molecular weight is 293 g/mol. The van der Waals surface area contributed by atoms with Gasteiger partial charge in [-0.15, -0.1) is 0 Å². The molecule has 0 heterocycles. The van der Waals surface area contributed by atoms with E-state index in [0.717, 1.165) is 8.95 Å². The molecule has 1 aromatic carbocycles. The number of carbonyl (C=O) groups is 1. The molecule has 1 aromatic rings. The van der Waals surface area contributed by atoms with Gasteiger partial charge in [0.25, 0.3) is 0 Å². The van der Waals surface area contributed by atoms with Gasteiger partial charge in [0.05, 0.1) is 5.56 Å². The van der Waals surface area contributed by atoms with E-state index in [2.05, 4.69) is 31.9 Å². The van der Waals surface area contributed by atoms with Gasteiger partial charge in [0, 0.05) is 14.6 Å². The van der Waals surface area contributed by atoms with Crippen molar-refractivity contribution in [3.05, 3.63) is 26.6 Å². The number of halogens is 2. The minimum absolute atomic E-state index is 0.0410. The second-order valence-electron chi connectivity index (χ2n) is 2.38. The van der Waals surface area contributed by atoms with Crippen molar-refractivity contribution >= 4 is 43.3 Å². The molecule has 0 atom stereocenters. The Hall–Kier alpha value is -0.350. The summed E-state index contributed by atoms with van der Waals surface area (Å²) in [6.07, 6.45) is 0. The van der Waals surface area contributed by atoms with Crippen molar-refractivity contribution in [1.29, 1.82) is 0 Å². The lowest BCUT2D eigenvalue weighted by Gasteiger charge is -2.05. The number of hydrogen-bond acceptors (Lipinski definition) is 2. The van der Waals surface area contributed by atoms with Gasteiger partial charge in [0.1, 0.15) is 0 Å². The average Bonchev–Trinajstić information content (AvgIpc) is 1.97. The van der Waals surface area contributed by atoms with Gasteiger partial charge in [-0.3, -0.25) is 4.79 Å². The van der Waals surface area contributed by atoms with Crippen molar-refractivity contribution in [3.63, 3.8) is 0 Å². The van der Waals surface area contributed by atoms with Gasteiger partial charge in [0.15, 0.2) is 5.78 Å². The van der Waals surface area contributed by atoms with E-state index in [0.29, 0.717) is 11.3 Å². The predicted octanol–water partition coefficient (Wildman–Crippen LogP) is 3.00. The molecule has 0 amide bonds. The van der Waals surface area contributed by atoms with E-state index in [1.165, 1.54) is 6.92 Å². The molecular formula is C8H7Br2NO. The number of nitrogen functional groups attached to an aromatic ring is 1. The Morgan fingerprint density at radius 2 is 2.00 bits per heavy atom. The number of carbonyl (C=O) groups excluding carboxylic acids is 1. The fourth-order valence-electron chi connectivity index (χ4n) is 0.923. The van der Waals surface area contributed by atoms with Crippen LogP contribution < -0.4 is 5.73 Å². The topological polar surface area (TPSA) is 43.1 Å². The minimum atomic E-state index is -0.0410. The molecule has 0 aliphatic rings. The summed E-state index contributed by atoms with van der Waals surface area (Å²) in [7, 11) is 0. The molecule has 0 radical (unpaired) electrons. The van der Waals surface area contributed by atoms with Crippen molar-refractivity contribution in [2.75, 3.05) is 5.73 Å². The first kappa shape index (κ1) is 9.74. The molecule has 4 heteroatoms. The van der Waals surface area contributed by atoms with E-state index in [-0.39, 0.29) is 5.78 Å². The first-order valence-electron chi connectivity index (χ1n) is 3.28. The van der Waals surface area contributed by atoms with Crippen LogP contribution in [-0.4, -0.2) is 5.78 Å². The van der Waals surface area contributed by atoms with Gasteiger partial charge >= 0.3 is 0 Å². The van der Waals surface area contributed by atoms with E-state index >= 15 is 0 Å². The molecule has 0 saturated carbocycles. The van der Waals surface area contributed by atoms with Crippen molar-refractivity contribution in [3.8, 4) is 0 Å². The van der Waals surface area contributed by atoms with Gasteiger partial charge in [-0.05, 0) is 50.9 Å². The van der Waals surface area contributed by atoms with Crippen molar-refractivity contribution in [2.45, 2.75) is 6.92 Å². The van der Waals surface area contributed by atoms with Crippen LogP contribution in [0.5, 0.6) is 0 Å². The Morgan fingerprint density at radius 1 is 1.42 bits per heavy atom. The summed E-state index contributed by atoms with van der Waals surface area (Å²) in [5.74, 6) is -0.0410. The lowest BCUT2D eigenvalue weighted by atomic mass is 10.1. The summed E-state index contributed by atoms with van der Waals surface area (Å²) in [5, 5.41) is 0. The third kappa shape index (κ3) is 1.69. The van der Waals surface area contributed by atoms with E-state index in [1.807, 2.05) is 0 Å². The van der Waals surface area contributed by atoms with Crippen LogP contribution in [0.2, 0.25) is 0 Å². The smallest absolute Gasteiger partial charge is 0.163 e. The highest BCUT2D eigenvalue weighted by Crippen LogP contribution is 2.30. The molecule has 0 spiro atoms. The minimum Gasteiger partial charge on any atom is -0.398 e. The molecule has 0 aliphatic carbocycles. The molecule has 2 N–H and O–H groups in total. The van der Waals surface area contributed by atoms with Crippen LogP contribution in [-0.2, 0) is 0 Å². The fraction of sp³-hybridized carbons (Fsp3) is 0.125. The molecule has 2 nitrogen and oxygen atoms in total. The quantitative estimate of drug-likeness (QED) is 0.639. The van der Waals surface area contributed by atoms with Crippen molar-refractivity contribution in [1.82, 2.24) is 0 Å².